The minimum atomic E-state index is 0.413. The van der Waals surface area contributed by atoms with Crippen LogP contribution in [0.25, 0.3) is 11.1 Å². The highest BCUT2D eigenvalue weighted by molar-refractivity contribution is 5.87. The SMILES string of the molecule is N#Cc1ccc(-c2cccc(N3c4ccccc4Oc4ccccc43)c2)cn1. The number of nitrogens with zero attached hydrogens (tertiary/aromatic N) is 3. The maximum absolute atomic E-state index is 8.97. The fourth-order valence-electron chi connectivity index (χ4n) is 3.44. The van der Waals surface area contributed by atoms with E-state index in [1.165, 1.54) is 0 Å². The quantitative estimate of drug-likeness (QED) is 0.376. The van der Waals surface area contributed by atoms with Gasteiger partial charge in [0.1, 0.15) is 11.8 Å². The molecule has 0 amide bonds. The van der Waals surface area contributed by atoms with Crippen molar-refractivity contribution < 1.29 is 4.74 Å². The third-order valence-corrected chi connectivity index (χ3v) is 4.75. The molecule has 1 aliphatic heterocycles. The molecule has 2 heterocycles. The van der Waals surface area contributed by atoms with Crippen LogP contribution in [0.5, 0.6) is 11.5 Å². The first kappa shape index (κ1) is 16.1. The third-order valence-electron chi connectivity index (χ3n) is 4.75. The van der Waals surface area contributed by atoms with Crippen LogP contribution < -0.4 is 9.64 Å². The zero-order valence-corrected chi connectivity index (χ0v) is 14.9. The molecule has 28 heavy (non-hydrogen) atoms. The molecule has 0 saturated heterocycles. The molecule has 3 aromatic carbocycles. The second-order valence-corrected chi connectivity index (χ2v) is 6.47. The first-order chi connectivity index (χ1) is 13.8. The highest BCUT2D eigenvalue weighted by Gasteiger charge is 2.25. The molecule has 1 aliphatic rings. The lowest BCUT2D eigenvalue weighted by atomic mass is 10.0. The molecule has 0 fully saturated rings. The number of rotatable bonds is 2. The van der Waals surface area contributed by atoms with Gasteiger partial charge in [0.05, 0.1) is 11.4 Å². The first-order valence-corrected chi connectivity index (χ1v) is 8.96. The van der Waals surface area contributed by atoms with Crippen molar-refractivity contribution in [1.82, 2.24) is 4.98 Å². The second kappa shape index (κ2) is 6.57. The maximum Gasteiger partial charge on any atom is 0.151 e. The van der Waals surface area contributed by atoms with E-state index in [0.29, 0.717) is 5.69 Å². The van der Waals surface area contributed by atoms with E-state index in [0.717, 1.165) is 39.7 Å². The van der Waals surface area contributed by atoms with E-state index in [4.69, 9.17) is 10.00 Å². The fourth-order valence-corrected chi connectivity index (χ4v) is 3.44. The van der Waals surface area contributed by atoms with Crippen LogP contribution in [-0.2, 0) is 0 Å². The number of hydrogen-bond donors (Lipinski definition) is 0. The Kier molecular flexibility index (Phi) is 3.78. The van der Waals surface area contributed by atoms with Crippen LogP contribution in [-0.4, -0.2) is 4.98 Å². The van der Waals surface area contributed by atoms with Gasteiger partial charge in [-0.05, 0) is 54.1 Å². The van der Waals surface area contributed by atoms with Crippen molar-refractivity contribution in [1.29, 1.82) is 5.26 Å². The Labute approximate surface area is 162 Å². The zero-order chi connectivity index (χ0) is 18.9. The van der Waals surface area contributed by atoms with Crippen LogP contribution in [0.4, 0.5) is 17.1 Å². The molecular formula is C24H15N3O. The topological polar surface area (TPSA) is 49.2 Å². The van der Waals surface area contributed by atoms with Gasteiger partial charge in [-0.2, -0.15) is 5.26 Å². The van der Waals surface area contributed by atoms with Crippen molar-refractivity contribution in [3.63, 3.8) is 0 Å². The number of benzene rings is 3. The van der Waals surface area contributed by atoms with E-state index in [2.05, 4.69) is 40.2 Å². The third kappa shape index (κ3) is 2.67. The summed E-state index contributed by atoms with van der Waals surface area (Å²) < 4.78 is 6.09. The summed E-state index contributed by atoms with van der Waals surface area (Å²) in [6, 6.07) is 30.1. The van der Waals surface area contributed by atoms with Gasteiger partial charge >= 0.3 is 0 Å². The number of fused-ring (bicyclic) bond motifs is 2. The largest absolute Gasteiger partial charge is 0.453 e. The summed E-state index contributed by atoms with van der Waals surface area (Å²) in [6.45, 7) is 0. The monoisotopic (exact) mass is 361 g/mol. The molecule has 4 heteroatoms. The predicted octanol–water partition coefficient (Wildman–Crippen LogP) is 6.20. The van der Waals surface area contributed by atoms with Crippen molar-refractivity contribution in [3.05, 3.63) is 96.8 Å². The molecule has 0 bridgehead atoms. The summed E-state index contributed by atoms with van der Waals surface area (Å²) in [4.78, 5) is 6.40. The van der Waals surface area contributed by atoms with E-state index in [9.17, 15) is 0 Å². The minimum absolute atomic E-state index is 0.413. The van der Waals surface area contributed by atoms with Gasteiger partial charge < -0.3 is 9.64 Å². The number of nitriles is 1. The van der Waals surface area contributed by atoms with Crippen LogP contribution in [0.15, 0.2) is 91.1 Å². The number of anilines is 3. The number of ether oxygens (including phenoxy) is 1. The maximum atomic E-state index is 8.97. The van der Waals surface area contributed by atoms with Crippen LogP contribution >= 0.6 is 0 Å². The van der Waals surface area contributed by atoms with E-state index >= 15 is 0 Å². The molecule has 4 aromatic rings. The average molecular weight is 361 g/mol. The van der Waals surface area contributed by atoms with Gasteiger partial charge in [-0.1, -0.05) is 36.4 Å². The van der Waals surface area contributed by atoms with Crippen molar-refractivity contribution in [3.8, 4) is 28.7 Å². The minimum Gasteiger partial charge on any atom is -0.453 e. The van der Waals surface area contributed by atoms with Gasteiger partial charge in [0.15, 0.2) is 11.5 Å². The molecule has 0 unspecified atom stereocenters. The molecule has 0 atom stereocenters. The summed E-state index contributed by atoms with van der Waals surface area (Å²) in [5.41, 5.74) is 5.44. The second-order valence-electron chi connectivity index (χ2n) is 6.47. The van der Waals surface area contributed by atoms with Crippen LogP contribution in [0.3, 0.4) is 0 Å². The molecule has 4 nitrogen and oxygen atoms in total. The summed E-state index contributed by atoms with van der Waals surface area (Å²) in [5, 5.41) is 8.97. The Balaban J connectivity index is 1.65. The van der Waals surface area contributed by atoms with Gasteiger partial charge in [-0.25, -0.2) is 4.98 Å². The van der Waals surface area contributed by atoms with Crippen LogP contribution in [0, 0.1) is 11.3 Å². The van der Waals surface area contributed by atoms with Crippen molar-refractivity contribution in [2.45, 2.75) is 0 Å². The molecule has 0 radical (unpaired) electrons. The Morgan fingerprint density at radius 2 is 1.46 bits per heavy atom. The summed E-state index contributed by atoms with van der Waals surface area (Å²) in [7, 11) is 0. The standard InChI is InChI=1S/C24H15N3O/c25-15-19-13-12-18(16-26-19)17-6-5-7-20(14-17)27-21-8-1-3-10-23(21)28-24-11-4-2-9-22(24)27/h1-14,16H. The highest BCUT2D eigenvalue weighted by atomic mass is 16.5. The number of para-hydroxylation sites is 4. The summed E-state index contributed by atoms with van der Waals surface area (Å²) in [5.74, 6) is 1.65. The van der Waals surface area contributed by atoms with E-state index in [1.807, 2.05) is 54.6 Å². The molecular weight excluding hydrogens is 346 g/mol. The van der Waals surface area contributed by atoms with Crippen molar-refractivity contribution in [2.24, 2.45) is 0 Å². The van der Waals surface area contributed by atoms with Gasteiger partial charge in [0.2, 0.25) is 0 Å². The Morgan fingerprint density at radius 1 is 0.750 bits per heavy atom. The van der Waals surface area contributed by atoms with Crippen molar-refractivity contribution in [2.75, 3.05) is 4.90 Å². The lowest BCUT2D eigenvalue weighted by Gasteiger charge is -2.33. The average Bonchev–Trinajstić information content (AvgIpc) is 2.77. The van der Waals surface area contributed by atoms with Gasteiger partial charge in [-0.15, -0.1) is 0 Å². The van der Waals surface area contributed by atoms with Crippen LogP contribution in [0.2, 0.25) is 0 Å². The fraction of sp³-hybridized carbons (Fsp3) is 0. The molecule has 0 N–H and O–H groups in total. The zero-order valence-electron chi connectivity index (χ0n) is 14.9. The molecule has 0 saturated carbocycles. The Morgan fingerprint density at radius 3 is 2.11 bits per heavy atom. The predicted molar refractivity (Wildman–Crippen MR) is 109 cm³/mol. The highest BCUT2D eigenvalue weighted by Crippen LogP contribution is 2.50. The normalized spacial score (nSPS) is 11.8. The van der Waals surface area contributed by atoms with Gasteiger partial charge in [-0.3, -0.25) is 0 Å². The number of aromatic nitrogens is 1. The van der Waals surface area contributed by atoms with E-state index in [1.54, 1.807) is 12.3 Å². The molecule has 5 rings (SSSR count). The lowest BCUT2D eigenvalue weighted by Crippen LogP contribution is -2.15. The number of hydrogen-bond acceptors (Lipinski definition) is 4. The first-order valence-electron chi connectivity index (χ1n) is 8.96. The molecule has 0 aliphatic carbocycles. The van der Waals surface area contributed by atoms with Crippen molar-refractivity contribution >= 4 is 17.1 Å². The van der Waals surface area contributed by atoms with Gasteiger partial charge in [0.25, 0.3) is 0 Å². The molecule has 0 spiro atoms. The Bertz CT molecular complexity index is 1160. The Hall–Kier alpha value is -4.10. The number of pyridine rings is 1. The summed E-state index contributed by atoms with van der Waals surface area (Å²) >= 11 is 0. The summed E-state index contributed by atoms with van der Waals surface area (Å²) in [6.07, 6.45) is 1.73. The molecule has 132 valence electrons. The van der Waals surface area contributed by atoms with E-state index in [-0.39, 0.29) is 0 Å². The molecule has 1 aromatic heterocycles. The van der Waals surface area contributed by atoms with E-state index < -0.39 is 0 Å². The smallest absolute Gasteiger partial charge is 0.151 e. The van der Waals surface area contributed by atoms with Gasteiger partial charge in [0, 0.05) is 17.4 Å². The van der Waals surface area contributed by atoms with Crippen LogP contribution in [0.1, 0.15) is 5.69 Å². The lowest BCUT2D eigenvalue weighted by molar-refractivity contribution is 0.477.